The van der Waals surface area contributed by atoms with Gasteiger partial charge in [0.25, 0.3) is 0 Å². The summed E-state index contributed by atoms with van der Waals surface area (Å²) in [6.45, 7) is 0. The van der Waals surface area contributed by atoms with Gasteiger partial charge in [-0.3, -0.25) is 0 Å². The van der Waals surface area contributed by atoms with Crippen molar-refractivity contribution in [3.8, 4) is 23.0 Å². The van der Waals surface area contributed by atoms with E-state index in [1.165, 1.54) is 12.1 Å². The molecule has 1 aromatic heterocycles. The predicted molar refractivity (Wildman–Crippen MR) is 130 cm³/mol. The standard InChI is InChI=1S/C27H19ClFN3O2/c28-20-8-14-23(15-9-20)33-24-16-12-22(13-17-24)30-25(18-6-10-21(29)11-7-18)27-32-31-26(34-27)19-4-2-1-3-5-19/h1-17,25,30H. The van der Waals surface area contributed by atoms with Crippen molar-refractivity contribution >= 4 is 17.3 Å². The van der Waals surface area contributed by atoms with Crippen molar-refractivity contribution < 1.29 is 13.5 Å². The van der Waals surface area contributed by atoms with Crippen molar-refractivity contribution in [2.24, 2.45) is 0 Å². The minimum Gasteiger partial charge on any atom is -0.457 e. The Bertz CT molecular complexity index is 1360. The largest absolute Gasteiger partial charge is 0.457 e. The van der Waals surface area contributed by atoms with Crippen LogP contribution in [0.15, 0.2) is 108 Å². The Morgan fingerprint density at radius 3 is 2.09 bits per heavy atom. The van der Waals surface area contributed by atoms with Gasteiger partial charge in [-0.05, 0) is 78.4 Å². The van der Waals surface area contributed by atoms with Crippen LogP contribution in [0.3, 0.4) is 0 Å². The Hall–Kier alpha value is -4.16. The monoisotopic (exact) mass is 471 g/mol. The Morgan fingerprint density at radius 1 is 0.765 bits per heavy atom. The van der Waals surface area contributed by atoms with E-state index in [9.17, 15) is 4.39 Å². The van der Waals surface area contributed by atoms with Gasteiger partial charge in [-0.1, -0.05) is 41.9 Å². The number of anilines is 1. The van der Waals surface area contributed by atoms with Crippen LogP contribution in [0.2, 0.25) is 5.02 Å². The van der Waals surface area contributed by atoms with Gasteiger partial charge in [-0.2, -0.15) is 0 Å². The molecule has 0 radical (unpaired) electrons. The lowest BCUT2D eigenvalue weighted by Gasteiger charge is -2.17. The fourth-order valence-corrected chi connectivity index (χ4v) is 3.54. The lowest BCUT2D eigenvalue weighted by Crippen LogP contribution is -2.13. The zero-order chi connectivity index (χ0) is 23.3. The summed E-state index contributed by atoms with van der Waals surface area (Å²) in [5.41, 5.74) is 2.41. The minimum absolute atomic E-state index is 0.318. The first kappa shape index (κ1) is 21.7. The normalized spacial score (nSPS) is 11.7. The number of aromatic nitrogens is 2. The number of ether oxygens (including phenoxy) is 1. The van der Waals surface area contributed by atoms with Crippen LogP contribution in [0.5, 0.6) is 11.5 Å². The molecule has 1 N–H and O–H groups in total. The van der Waals surface area contributed by atoms with Gasteiger partial charge in [0.1, 0.15) is 23.4 Å². The summed E-state index contributed by atoms with van der Waals surface area (Å²) in [7, 11) is 0. The molecule has 1 unspecified atom stereocenters. The van der Waals surface area contributed by atoms with Crippen molar-refractivity contribution in [2.75, 3.05) is 5.32 Å². The minimum atomic E-state index is -0.478. The van der Waals surface area contributed by atoms with Gasteiger partial charge in [0, 0.05) is 16.3 Å². The second kappa shape index (κ2) is 9.77. The average Bonchev–Trinajstić information content (AvgIpc) is 3.36. The summed E-state index contributed by atoms with van der Waals surface area (Å²) < 4.78 is 25.4. The van der Waals surface area contributed by atoms with Crippen LogP contribution in [0.1, 0.15) is 17.5 Å². The highest BCUT2D eigenvalue weighted by Gasteiger charge is 2.22. The first-order valence-corrected chi connectivity index (χ1v) is 11.0. The summed E-state index contributed by atoms with van der Waals surface area (Å²) in [6, 6.07) is 29.9. The number of hydrogen-bond donors (Lipinski definition) is 1. The van der Waals surface area contributed by atoms with E-state index in [4.69, 9.17) is 20.8 Å². The summed E-state index contributed by atoms with van der Waals surface area (Å²) in [4.78, 5) is 0. The molecule has 0 saturated heterocycles. The molecule has 34 heavy (non-hydrogen) atoms. The van der Waals surface area contributed by atoms with Gasteiger partial charge in [0.2, 0.25) is 11.8 Å². The third-order valence-electron chi connectivity index (χ3n) is 5.13. The van der Waals surface area contributed by atoms with Crippen molar-refractivity contribution in [2.45, 2.75) is 6.04 Å². The van der Waals surface area contributed by atoms with Gasteiger partial charge in [0.05, 0.1) is 0 Å². The molecular formula is C27H19ClFN3O2. The van der Waals surface area contributed by atoms with Gasteiger partial charge in [-0.15, -0.1) is 10.2 Å². The maximum atomic E-state index is 13.6. The quantitative estimate of drug-likeness (QED) is 0.266. The molecule has 4 aromatic carbocycles. The second-order valence-corrected chi connectivity index (χ2v) is 7.96. The molecule has 5 rings (SSSR count). The van der Waals surface area contributed by atoms with E-state index in [1.54, 1.807) is 36.4 Å². The van der Waals surface area contributed by atoms with E-state index in [0.29, 0.717) is 28.3 Å². The van der Waals surface area contributed by atoms with E-state index in [2.05, 4.69) is 15.5 Å². The Labute approximate surface area is 200 Å². The molecule has 0 fully saturated rings. The fraction of sp³-hybridized carbons (Fsp3) is 0.0370. The van der Waals surface area contributed by atoms with Crippen LogP contribution in [0.25, 0.3) is 11.5 Å². The molecule has 0 spiro atoms. The van der Waals surface area contributed by atoms with Gasteiger partial charge in [-0.25, -0.2) is 4.39 Å². The van der Waals surface area contributed by atoms with E-state index in [1.807, 2.05) is 54.6 Å². The molecule has 7 heteroatoms. The molecule has 0 saturated carbocycles. The van der Waals surface area contributed by atoms with Crippen LogP contribution in [-0.2, 0) is 0 Å². The lowest BCUT2D eigenvalue weighted by molar-refractivity contribution is 0.482. The average molecular weight is 472 g/mol. The Balaban J connectivity index is 1.39. The highest BCUT2D eigenvalue weighted by Crippen LogP contribution is 2.30. The van der Waals surface area contributed by atoms with Crippen molar-refractivity contribution in [3.63, 3.8) is 0 Å². The number of hydrogen-bond acceptors (Lipinski definition) is 5. The number of rotatable bonds is 7. The zero-order valence-corrected chi connectivity index (χ0v) is 18.6. The third kappa shape index (κ3) is 5.08. The predicted octanol–water partition coefficient (Wildman–Crippen LogP) is 7.52. The van der Waals surface area contributed by atoms with E-state index >= 15 is 0 Å². The molecule has 5 aromatic rings. The highest BCUT2D eigenvalue weighted by atomic mass is 35.5. The molecule has 0 aliphatic heterocycles. The molecule has 0 bridgehead atoms. The summed E-state index contributed by atoms with van der Waals surface area (Å²) in [5, 5.41) is 12.5. The van der Waals surface area contributed by atoms with Gasteiger partial charge in [0.15, 0.2) is 0 Å². The maximum absolute atomic E-state index is 13.6. The second-order valence-electron chi connectivity index (χ2n) is 7.52. The molecule has 5 nitrogen and oxygen atoms in total. The van der Waals surface area contributed by atoms with E-state index in [0.717, 1.165) is 16.8 Å². The zero-order valence-electron chi connectivity index (χ0n) is 17.9. The van der Waals surface area contributed by atoms with Crippen molar-refractivity contribution in [3.05, 3.63) is 125 Å². The molecule has 1 atom stereocenters. The SMILES string of the molecule is Fc1ccc(C(Nc2ccc(Oc3ccc(Cl)cc3)cc2)c2nnc(-c3ccccc3)o2)cc1. The van der Waals surface area contributed by atoms with Crippen molar-refractivity contribution in [1.29, 1.82) is 0 Å². The van der Waals surface area contributed by atoms with E-state index in [-0.39, 0.29) is 5.82 Å². The summed E-state index contributed by atoms with van der Waals surface area (Å²) >= 11 is 5.93. The van der Waals surface area contributed by atoms with Crippen LogP contribution in [-0.4, -0.2) is 10.2 Å². The number of nitrogens with one attached hydrogen (secondary N) is 1. The molecular weight excluding hydrogens is 453 g/mol. The first-order valence-electron chi connectivity index (χ1n) is 10.6. The Morgan fingerprint density at radius 2 is 1.41 bits per heavy atom. The summed E-state index contributed by atoms with van der Waals surface area (Å²) in [6.07, 6.45) is 0. The van der Waals surface area contributed by atoms with Crippen LogP contribution in [0, 0.1) is 5.82 Å². The maximum Gasteiger partial charge on any atom is 0.247 e. The smallest absolute Gasteiger partial charge is 0.247 e. The van der Waals surface area contributed by atoms with Gasteiger partial charge >= 0.3 is 0 Å². The molecule has 168 valence electrons. The van der Waals surface area contributed by atoms with Crippen LogP contribution >= 0.6 is 11.6 Å². The van der Waals surface area contributed by atoms with Gasteiger partial charge < -0.3 is 14.5 Å². The third-order valence-corrected chi connectivity index (χ3v) is 5.38. The molecule has 0 aliphatic rings. The van der Waals surface area contributed by atoms with Crippen LogP contribution < -0.4 is 10.1 Å². The number of nitrogens with zero attached hydrogens (tertiary/aromatic N) is 2. The van der Waals surface area contributed by atoms with E-state index < -0.39 is 6.04 Å². The highest BCUT2D eigenvalue weighted by molar-refractivity contribution is 6.30. The number of halogens is 2. The number of benzene rings is 4. The van der Waals surface area contributed by atoms with Crippen LogP contribution in [0.4, 0.5) is 10.1 Å². The first-order chi connectivity index (χ1) is 16.6. The Kier molecular flexibility index (Phi) is 6.23. The topological polar surface area (TPSA) is 60.2 Å². The lowest BCUT2D eigenvalue weighted by atomic mass is 10.1. The summed E-state index contributed by atoms with van der Waals surface area (Å²) in [5.74, 6) is 1.83. The molecule has 1 heterocycles. The fourth-order valence-electron chi connectivity index (χ4n) is 3.42. The molecule has 0 amide bonds. The molecule has 0 aliphatic carbocycles. The van der Waals surface area contributed by atoms with Crippen molar-refractivity contribution in [1.82, 2.24) is 10.2 Å².